The van der Waals surface area contributed by atoms with Crippen LogP contribution in [0.1, 0.15) is 35.1 Å². The van der Waals surface area contributed by atoms with Gasteiger partial charge in [-0.25, -0.2) is 14.8 Å². The maximum atomic E-state index is 11.0. The SMILES string of the molecule is COc1ccc2nc(C(=O)O)nc(C3CC3)c2c1. The van der Waals surface area contributed by atoms with E-state index in [1.165, 1.54) is 0 Å². The Morgan fingerprint density at radius 2 is 2.17 bits per heavy atom. The third kappa shape index (κ3) is 1.77. The monoisotopic (exact) mass is 244 g/mol. The molecule has 2 aromatic rings. The van der Waals surface area contributed by atoms with Crippen molar-refractivity contribution in [3.05, 3.63) is 29.7 Å². The van der Waals surface area contributed by atoms with E-state index in [1.54, 1.807) is 19.2 Å². The second-order valence-corrected chi connectivity index (χ2v) is 4.39. The van der Waals surface area contributed by atoms with Crippen molar-refractivity contribution in [2.75, 3.05) is 7.11 Å². The number of nitrogens with zero attached hydrogens (tertiary/aromatic N) is 2. The number of carbonyl (C=O) groups is 1. The molecule has 1 heterocycles. The summed E-state index contributed by atoms with van der Waals surface area (Å²) in [5.41, 5.74) is 1.49. The third-order valence-corrected chi connectivity index (χ3v) is 3.09. The first-order chi connectivity index (χ1) is 8.69. The van der Waals surface area contributed by atoms with Crippen molar-refractivity contribution in [1.82, 2.24) is 9.97 Å². The van der Waals surface area contributed by atoms with Gasteiger partial charge in [-0.3, -0.25) is 0 Å². The van der Waals surface area contributed by atoms with Gasteiger partial charge in [0, 0.05) is 11.3 Å². The summed E-state index contributed by atoms with van der Waals surface area (Å²) in [5, 5.41) is 9.91. The summed E-state index contributed by atoms with van der Waals surface area (Å²) in [5.74, 6) is -0.124. The first kappa shape index (κ1) is 11.0. The zero-order valence-electron chi connectivity index (χ0n) is 9.88. The Balaban J connectivity index is 2.27. The molecule has 0 amide bonds. The fourth-order valence-electron chi connectivity index (χ4n) is 2.02. The molecule has 0 spiro atoms. The van der Waals surface area contributed by atoms with Crippen LogP contribution in [0.5, 0.6) is 5.75 Å². The van der Waals surface area contributed by atoms with E-state index in [0.717, 1.165) is 29.7 Å². The van der Waals surface area contributed by atoms with Crippen molar-refractivity contribution < 1.29 is 14.6 Å². The topological polar surface area (TPSA) is 72.3 Å². The van der Waals surface area contributed by atoms with E-state index in [9.17, 15) is 4.79 Å². The molecular formula is C13H12N2O3. The fourth-order valence-corrected chi connectivity index (χ4v) is 2.02. The molecule has 0 saturated heterocycles. The number of fused-ring (bicyclic) bond motifs is 1. The summed E-state index contributed by atoms with van der Waals surface area (Å²) in [6, 6.07) is 5.42. The molecule has 3 rings (SSSR count). The average molecular weight is 244 g/mol. The van der Waals surface area contributed by atoms with Gasteiger partial charge in [0.1, 0.15) is 5.75 Å². The lowest BCUT2D eigenvalue weighted by Crippen LogP contribution is -2.07. The first-order valence-electron chi connectivity index (χ1n) is 5.78. The number of hydrogen-bond acceptors (Lipinski definition) is 4. The van der Waals surface area contributed by atoms with Gasteiger partial charge in [0.25, 0.3) is 0 Å². The minimum atomic E-state index is -1.09. The minimum Gasteiger partial charge on any atom is -0.497 e. The lowest BCUT2D eigenvalue weighted by Gasteiger charge is -2.07. The third-order valence-electron chi connectivity index (χ3n) is 3.09. The largest absolute Gasteiger partial charge is 0.497 e. The van der Waals surface area contributed by atoms with E-state index in [-0.39, 0.29) is 5.82 Å². The Labute approximate surface area is 103 Å². The summed E-state index contributed by atoms with van der Waals surface area (Å²) in [6.07, 6.45) is 2.12. The molecule has 5 heteroatoms. The van der Waals surface area contributed by atoms with Gasteiger partial charge in [-0.2, -0.15) is 0 Å². The number of carboxylic acid groups (broad SMARTS) is 1. The second kappa shape index (κ2) is 3.94. The van der Waals surface area contributed by atoms with Gasteiger partial charge in [0.2, 0.25) is 5.82 Å². The molecule has 92 valence electrons. The van der Waals surface area contributed by atoms with Crippen molar-refractivity contribution in [1.29, 1.82) is 0 Å². The van der Waals surface area contributed by atoms with E-state index < -0.39 is 5.97 Å². The number of ether oxygens (including phenoxy) is 1. The summed E-state index contributed by atoms with van der Waals surface area (Å²) >= 11 is 0. The van der Waals surface area contributed by atoms with Crippen LogP contribution >= 0.6 is 0 Å². The quantitative estimate of drug-likeness (QED) is 0.896. The van der Waals surface area contributed by atoms with Gasteiger partial charge < -0.3 is 9.84 Å². The number of aromatic carboxylic acids is 1. The summed E-state index contributed by atoms with van der Waals surface area (Å²) in [6.45, 7) is 0. The van der Waals surface area contributed by atoms with E-state index in [0.29, 0.717) is 11.4 Å². The van der Waals surface area contributed by atoms with Crippen molar-refractivity contribution >= 4 is 16.9 Å². The number of rotatable bonds is 3. The maximum absolute atomic E-state index is 11.0. The second-order valence-electron chi connectivity index (χ2n) is 4.39. The number of benzene rings is 1. The van der Waals surface area contributed by atoms with Gasteiger partial charge in [0.15, 0.2) is 0 Å². The van der Waals surface area contributed by atoms with E-state index >= 15 is 0 Å². The fraction of sp³-hybridized carbons (Fsp3) is 0.308. The van der Waals surface area contributed by atoms with Crippen molar-refractivity contribution in [2.24, 2.45) is 0 Å². The van der Waals surface area contributed by atoms with Crippen molar-refractivity contribution in [3.8, 4) is 5.75 Å². The lowest BCUT2D eigenvalue weighted by atomic mass is 10.1. The lowest BCUT2D eigenvalue weighted by molar-refractivity contribution is 0.0683. The zero-order valence-corrected chi connectivity index (χ0v) is 9.88. The summed E-state index contributed by atoms with van der Waals surface area (Å²) in [7, 11) is 1.60. The Bertz CT molecular complexity index is 635. The van der Waals surface area contributed by atoms with E-state index in [2.05, 4.69) is 9.97 Å². The van der Waals surface area contributed by atoms with Crippen LogP contribution < -0.4 is 4.74 Å². The number of methoxy groups -OCH3 is 1. The zero-order chi connectivity index (χ0) is 12.7. The first-order valence-corrected chi connectivity index (χ1v) is 5.78. The predicted molar refractivity (Wildman–Crippen MR) is 65.0 cm³/mol. The molecule has 1 saturated carbocycles. The average Bonchev–Trinajstić information content (AvgIpc) is 3.20. The molecule has 1 aromatic carbocycles. The predicted octanol–water partition coefficient (Wildman–Crippen LogP) is 2.21. The number of aromatic nitrogens is 2. The van der Waals surface area contributed by atoms with Crippen LogP contribution in [-0.4, -0.2) is 28.2 Å². The van der Waals surface area contributed by atoms with Crippen LogP contribution in [0.25, 0.3) is 10.9 Å². The highest BCUT2D eigenvalue weighted by atomic mass is 16.5. The molecule has 1 aliphatic rings. The molecule has 0 unspecified atom stereocenters. The van der Waals surface area contributed by atoms with Gasteiger partial charge in [-0.15, -0.1) is 0 Å². The van der Waals surface area contributed by atoms with Gasteiger partial charge in [0.05, 0.1) is 18.3 Å². The van der Waals surface area contributed by atoms with E-state index in [4.69, 9.17) is 9.84 Å². The molecule has 5 nitrogen and oxygen atoms in total. The van der Waals surface area contributed by atoms with Gasteiger partial charge >= 0.3 is 5.97 Å². The molecule has 1 fully saturated rings. The smallest absolute Gasteiger partial charge is 0.373 e. The van der Waals surface area contributed by atoms with Crippen LogP contribution in [0.2, 0.25) is 0 Å². The molecule has 1 aromatic heterocycles. The standard InChI is InChI=1S/C13H12N2O3/c1-18-8-4-5-10-9(6-8)11(7-2-3-7)15-12(14-10)13(16)17/h4-7H,2-3H2,1H3,(H,16,17). The van der Waals surface area contributed by atoms with Crippen molar-refractivity contribution in [3.63, 3.8) is 0 Å². The van der Waals surface area contributed by atoms with Crippen LogP contribution in [0, 0.1) is 0 Å². The minimum absolute atomic E-state index is 0.130. The molecule has 0 bridgehead atoms. The summed E-state index contributed by atoms with van der Waals surface area (Å²) in [4.78, 5) is 19.2. The molecule has 0 aliphatic heterocycles. The van der Waals surface area contributed by atoms with Crippen LogP contribution in [0.3, 0.4) is 0 Å². The molecule has 18 heavy (non-hydrogen) atoms. The molecule has 0 radical (unpaired) electrons. The highest BCUT2D eigenvalue weighted by Crippen LogP contribution is 2.42. The highest BCUT2D eigenvalue weighted by Gasteiger charge is 2.28. The normalized spacial score (nSPS) is 14.7. The van der Waals surface area contributed by atoms with Crippen LogP contribution in [0.15, 0.2) is 18.2 Å². The Morgan fingerprint density at radius 3 is 2.78 bits per heavy atom. The molecular weight excluding hydrogens is 232 g/mol. The molecule has 0 atom stereocenters. The van der Waals surface area contributed by atoms with Gasteiger partial charge in [-0.1, -0.05) is 0 Å². The van der Waals surface area contributed by atoms with Gasteiger partial charge in [-0.05, 0) is 31.0 Å². The van der Waals surface area contributed by atoms with E-state index in [1.807, 2.05) is 6.07 Å². The Hall–Kier alpha value is -2.17. The highest BCUT2D eigenvalue weighted by molar-refractivity contribution is 5.89. The van der Waals surface area contributed by atoms with Crippen LogP contribution in [0.4, 0.5) is 0 Å². The van der Waals surface area contributed by atoms with Crippen molar-refractivity contribution in [2.45, 2.75) is 18.8 Å². The Morgan fingerprint density at radius 1 is 1.39 bits per heavy atom. The number of carboxylic acids is 1. The maximum Gasteiger partial charge on any atom is 0.373 e. The Kier molecular flexibility index (Phi) is 2.40. The number of hydrogen-bond donors (Lipinski definition) is 1. The molecule has 1 N–H and O–H groups in total. The summed E-state index contributed by atoms with van der Waals surface area (Å²) < 4.78 is 5.18. The van der Waals surface area contributed by atoms with Crippen LogP contribution in [-0.2, 0) is 0 Å². The molecule has 1 aliphatic carbocycles.